The molecule has 2 aromatic rings. The molecule has 4 rings (SSSR count). The van der Waals surface area contributed by atoms with Crippen LogP contribution in [0.1, 0.15) is 10.5 Å². The number of rotatable bonds is 2. The molecule has 1 fully saturated rings. The molecule has 1 aromatic heterocycles. The number of amides is 1. The molecular weight excluding hydrogens is 413 g/mol. The number of aromatic nitrogens is 1. The largest absolute Gasteiger partial charge is 0.489 e. The molecule has 3 heterocycles. The summed E-state index contributed by atoms with van der Waals surface area (Å²) in [5.74, 6) is -5.75. The van der Waals surface area contributed by atoms with Crippen molar-refractivity contribution < 1.29 is 31.1 Å². The Morgan fingerprint density at radius 3 is 2.62 bits per heavy atom. The summed E-state index contributed by atoms with van der Waals surface area (Å²) < 4.78 is 75.0. The second-order valence-electron chi connectivity index (χ2n) is 6.95. The molecule has 2 atom stereocenters. The van der Waals surface area contributed by atoms with Gasteiger partial charge in [-0.15, -0.1) is 0 Å². The molecule has 0 aliphatic carbocycles. The molecular formula is C17H17F3N4O4S. The molecule has 2 aliphatic rings. The molecule has 3 N–H and O–H groups in total. The predicted molar refractivity (Wildman–Crippen MR) is 95.6 cm³/mol. The van der Waals surface area contributed by atoms with Crippen LogP contribution in [0.4, 0.5) is 18.9 Å². The summed E-state index contributed by atoms with van der Waals surface area (Å²) in [7, 11) is -2.53. The maximum atomic E-state index is 13.4. The normalized spacial score (nSPS) is 22.8. The number of carbonyl (C=O) groups excluding carboxylic acids is 1. The lowest BCUT2D eigenvalue weighted by Gasteiger charge is -2.24. The second-order valence-corrected chi connectivity index (χ2v) is 8.63. The van der Waals surface area contributed by atoms with Crippen LogP contribution < -0.4 is 20.1 Å². The van der Waals surface area contributed by atoms with E-state index in [2.05, 4.69) is 15.4 Å². The third kappa shape index (κ3) is 3.47. The van der Waals surface area contributed by atoms with Crippen molar-refractivity contribution in [1.82, 2.24) is 14.6 Å². The highest BCUT2D eigenvalue weighted by Gasteiger charge is 2.38. The number of benzene rings is 1. The first-order chi connectivity index (χ1) is 13.7. The molecule has 2 aliphatic heterocycles. The van der Waals surface area contributed by atoms with E-state index in [0.29, 0.717) is 25.2 Å². The molecule has 0 radical (unpaired) electrons. The summed E-state index contributed by atoms with van der Waals surface area (Å²) >= 11 is 0. The van der Waals surface area contributed by atoms with Gasteiger partial charge < -0.3 is 19.9 Å². The minimum absolute atomic E-state index is 0.130. The van der Waals surface area contributed by atoms with E-state index >= 15 is 0 Å². The number of carbonyl (C=O) groups is 1. The Morgan fingerprint density at radius 2 is 1.93 bits per heavy atom. The van der Waals surface area contributed by atoms with E-state index < -0.39 is 33.4 Å². The third-order valence-corrected chi connectivity index (χ3v) is 6.42. The van der Waals surface area contributed by atoms with Gasteiger partial charge in [0.05, 0.1) is 6.61 Å². The Kier molecular flexibility index (Phi) is 4.79. The summed E-state index contributed by atoms with van der Waals surface area (Å²) in [6.07, 6.45) is 1.22. The SMILES string of the molecule is Cn1cc2c(c1C(=O)Nc1cc(F)c(F)c(F)c1)OC[C@H]1CNC[C@H]1NS2(=O)=O. The van der Waals surface area contributed by atoms with E-state index in [-0.39, 0.29) is 40.6 Å². The van der Waals surface area contributed by atoms with Crippen molar-refractivity contribution in [3.05, 3.63) is 41.5 Å². The Morgan fingerprint density at radius 1 is 1.24 bits per heavy atom. The lowest BCUT2D eigenvalue weighted by molar-refractivity contribution is 0.101. The number of nitrogens with one attached hydrogen (secondary N) is 3. The van der Waals surface area contributed by atoms with Crippen LogP contribution in [-0.2, 0) is 17.1 Å². The monoisotopic (exact) mass is 430 g/mol. The lowest BCUT2D eigenvalue weighted by Crippen LogP contribution is -2.43. The average molecular weight is 430 g/mol. The molecule has 0 saturated carbocycles. The first-order valence-corrected chi connectivity index (χ1v) is 10.2. The van der Waals surface area contributed by atoms with E-state index in [1.807, 2.05) is 0 Å². The van der Waals surface area contributed by atoms with Crippen molar-refractivity contribution in [2.75, 3.05) is 25.0 Å². The van der Waals surface area contributed by atoms with Gasteiger partial charge in [0.1, 0.15) is 4.90 Å². The molecule has 1 amide bonds. The van der Waals surface area contributed by atoms with Crippen molar-refractivity contribution in [2.45, 2.75) is 10.9 Å². The van der Waals surface area contributed by atoms with E-state index in [1.165, 1.54) is 17.8 Å². The first kappa shape index (κ1) is 19.7. The highest BCUT2D eigenvalue weighted by Crippen LogP contribution is 2.34. The first-order valence-electron chi connectivity index (χ1n) is 8.68. The molecule has 0 unspecified atom stereocenters. The van der Waals surface area contributed by atoms with Gasteiger partial charge in [0.15, 0.2) is 28.9 Å². The highest BCUT2D eigenvalue weighted by atomic mass is 32.2. The molecule has 1 aromatic carbocycles. The highest BCUT2D eigenvalue weighted by molar-refractivity contribution is 7.89. The van der Waals surface area contributed by atoms with Gasteiger partial charge in [-0.1, -0.05) is 0 Å². The predicted octanol–water partition coefficient (Wildman–Crippen LogP) is 0.953. The Bertz CT molecular complexity index is 1080. The average Bonchev–Trinajstić information content (AvgIpc) is 3.20. The minimum Gasteiger partial charge on any atom is -0.489 e. The van der Waals surface area contributed by atoms with Crippen LogP contribution in [0.15, 0.2) is 23.2 Å². The molecule has 12 heteroatoms. The number of hydrogen-bond donors (Lipinski definition) is 3. The van der Waals surface area contributed by atoms with Gasteiger partial charge in [0.2, 0.25) is 10.0 Å². The zero-order chi connectivity index (χ0) is 20.9. The molecule has 8 nitrogen and oxygen atoms in total. The number of ether oxygens (including phenoxy) is 1. The van der Waals surface area contributed by atoms with Crippen LogP contribution in [0.25, 0.3) is 0 Å². The van der Waals surface area contributed by atoms with Crippen molar-refractivity contribution in [3.63, 3.8) is 0 Å². The van der Waals surface area contributed by atoms with Crippen LogP contribution in [0.3, 0.4) is 0 Å². The number of anilines is 1. The number of aryl methyl sites for hydroxylation is 1. The summed E-state index contributed by atoms with van der Waals surface area (Å²) in [6, 6.07) is 0.907. The van der Waals surface area contributed by atoms with Crippen LogP contribution >= 0.6 is 0 Å². The Hall–Kier alpha value is -2.57. The van der Waals surface area contributed by atoms with Crippen molar-refractivity contribution >= 4 is 21.6 Å². The smallest absolute Gasteiger partial charge is 0.276 e. The maximum absolute atomic E-state index is 13.4. The van der Waals surface area contributed by atoms with Gasteiger partial charge in [0.25, 0.3) is 5.91 Å². The molecule has 0 bridgehead atoms. The van der Waals surface area contributed by atoms with Crippen LogP contribution in [0.5, 0.6) is 5.75 Å². The standard InChI is InChI=1S/C17H17F3N4O4S/c1-24-6-13-16(28-7-8-4-21-5-12(8)23-29(13,26)27)15(24)17(25)22-9-2-10(18)14(20)11(19)3-9/h2-3,6,8,12,21,23H,4-5,7H2,1H3,(H,22,25)/t8-,12-/m1/s1. The number of hydrogen-bond acceptors (Lipinski definition) is 5. The van der Waals surface area contributed by atoms with Gasteiger partial charge in [-0.3, -0.25) is 4.79 Å². The van der Waals surface area contributed by atoms with Crippen molar-refractivity contribution in [1.29, 1.82) is 0 Å². The lowest BCUT2D eigenvalue weighted by atomic mass is 10.1. The third-order valence-electron chi connectivity index (χ3n) is 4.94. The van der Waals surface area contributed by atoms with Crippen LogP contribution in [0, 0.1) is 23.4 Å². The van der Waals surface area contributed by atoms with E-state index in [1.54, 1.807) is 0 Å². The second kappa shape index (κ2) is 7.04. The van der Waals surface area contributed by atoms with Gasteiger partial charge >= 0.3 is 0 Å². The zero-order valence-corrected chi connectivity index (χ0v) is 15.9. The van der Waals surface area contributed by atoms with Crippen molar-refractivity contribution in [2.24, 2.45) is 13.0 Å². The van der Waals surface area contributed by atoms with Gasteiger partial charge in [0, 0.05) is 56.1 Å². The molecule has 156 valence electrons. The number of halogens is 3. The number of fused-ring (bicyclic) bond motifs is 2. The Labute approximate surface area is 164 Å². The van der Waals surface area contributed by atoms with Crippen molar-refractivity contribution in [3.8, 4) is 5.75 Å². The van der Waals surface area contributed by atoms with Crippen LogP contribution in [-0.4, -0.2) is 44.6 Å². The summed E-state index contributed by atoms with van der Waals surface area (Å²) in [5.41, 5.74) is -0.479. The fraction of sp³-hybridized carbons (Fsp3) is 0.353. The molecule has 0 spiro atoms. The fourth-order valence-corrected chi connectivity index (χ4v) is 4.99. The van der Waals surface area contributed by atoms with Gasteiger partial charge in [-0.2, -0.15) is 0 Å². The fourth-order valence-electron chi connectivity index (χ4n) is 3.49. The van der Waals surface area contributed by atoms with Gasteiger partial charge in [-0.05, 0) is 0 Å². The Balaban J connectivity index is 1.71. The number of nitrogens with zero attached hydrogens (tertiary/aromatic N) is 1. The van der Waals surface area contributed by atoms with E-state index in [0.717, 1.165) is 0 Å². The maximum Gasteiger partial charge on any atom is 0.276 e. The summed E-state index contributed by atoms with van der Waals surface area (Å²) in [5, 5.41) is 5.32. The topological polar surface area (TPSA) is 101 Å². The molecule has 29 heavy (non-hydrogen) atoms. The summed E-state index contributed by atoms with van der Waals surface area (Å²) in [6.45, 7) is 1.17. The summed E-state index contributed by atoms with van der Waals surface area (Å²) in [4.78, 5) is 12.5. The zero-order valence-electron chi connectivity index (χ0n) is 15.1. The quantitative estimate of drug-likeness (QED) is 0.616. The molecule has 1 saturated heterocycles. The number of sulfonamides is 1. The minimum atomic E-state index is -3.97. The van der Waals surface area contributed by atoms with E-state index in [9.17, 15) is 26.4 Å². The van der Waals surface area contributed by atoms with Gasteiger partial charge in [-0.25, -0.2) is 26.3 Å². The van der Waals surface area contributed by atoms with E-state index in [4.69, 9.17) is 4.74 Å². The van der Waals surface area contributed by atoms with Crippen LogP contribution in [0.2, 0.25) is 0 Å².